The molecule has 3 rings (SSSR count). The maximum absolute atomic E-state index is 4.23. The molecule has 17 heavy (non-hydrogen) atoms. The first-order valence-electron chi connectivity index (χ1n) is 5.19. The van der Waals surface area contributed by atoms with Crippen LogP contribution in [0.4, 0.5) is 0 Å². The van der Waals surface area contributed by atoms with Gasteiger partial charge in [0.25, 0.3) is 0 Å². The number of tetrazole rings is 1. The molecule has 0 spiro atoms. The van der Waals surface area contributed by atoms with Crippen molar-refractivity contribution in [1.82, 2.24) is 25.6 Å². The van der Waals surface area contributed by atoms with Gasteiger partial charge in [0.15, 0.2) is 5.82 Å². The van der Waals surface area contributed by atoms with Crippen LogP contribution in [0.3, 0.4) is 0 Å². The van der Waals surface area contributed by atoms with E-state index in [0.29, 0.717) is 5.82 Å². The van der Waals surface area contributed by atoms with Gasteiger partial charge in [0.05, 0.1) is 0 Å². The van der Waals surface area contributed by atoms with E-state index in [-0.39, 0.29) is 0 Å². The molecule has 82 valence electrons. The van der Waals surface area contributed by atoms with Crippen LogP contribution in [0.2, 0.25) is 0 Å². The lowest BCUT2D eigenvalue weighted by Gasteiger charge is -2.02. The van der Waals surface area contributed by atoms with Gasteiger partial charge in [-0.3, -0.25) is 4.98 Å². The van der Waals surface area contributed by atoms with E-state index < -0.39 is 0 Å². The molecular weight excluding hydrogens is 214 g/mol. The van der Waals surface area contributed by atoms with Crippen LogP contribution in [0.1, 0.15) is 0 Å². The third-order valence-corrected chi connectivity index (χ3v) is 2.46. The Kier molecular flexibility index (Phi) is 2.34. The summed E-state index contributed by atoms with van der Waals surface area (Å²) in [5.74, 6) is 0.572. The highest BCUT2D eigenvalue weighted by atomic mass is 15.5. The van der Waals surface area contributed by atoms with Crippen LogP contribution in [0.5, 0.6) is 0 Å². The topological polar surface area (TPSA) is 67.3 Å². The van der Waals surface area contributed by atoms with E-state index >= 15 is 0 Å². The molecule has 1 aromatic carbocycles. The zero-order valence-electron chi connectivity index (χ0n) is 8.91. The van der Waals surface area contributed by atoms with E-state index in [1.807, 2.05) is 30.3 Å². The lowest BCUT2D eigenvalue weighted by molar-refractivity contribution is 0.881. The van der Waals surface area contributed by atoms with E-state index in [0.717, 1.165) is 16.8 Å². The van der Waals surface area contributed by atoms with Gasteiger partial charge >= 0.3 is 0 Å². The molecule has 0 atom stereocenters. The summed E-state index contributed by atoms with van der Waals surface area (Å²) in [5.41, 5.74) is 2.96. The Labute approximate surface area is 97.5 Å². The van der Waals surface area contributed by atoms with Crippen LogP contribution < -0.4 is 0 Å². The fourth-order valence-corrected chi connectivity index (χ4v) is 1.64. The van der Waals surface area contributed by atoms with E-state index in [1.54, 1.807) is 6.20 Å². The van der Waals surface area contributed by atoms with Gasteiger partial charge < -0.3 is 0 Å². The molecule has 5 nitrogen and oxygen atoms in total. The van der Waals surface area contributed by atoms with Crippen molar-refractivity contribution in [2.75, 3.05) is 0 Å². The standard InChI is InChI=1S/C12H9N5/c1-2-4-9(5-3-1)10-6-7-13-11(8-10)12-14-16-17-15-12/h1-8H,(H,14,15,16,17). The molecule has 0 unspecified atom stereocenters. The van der Waals surface area contributed by atoms with Crippen LogP contribution in [-0.2, 0) is 0 Å². The molecule has 0 radical (unpaired) electrons. The summed E-state index contributed by atoms with van der Waals surface area (Å²) in [6.07, 6.45) is 1.75. The van der Waals surface area contributed by atoms with Gasteiger partial charge in [-0.15, -0.1) is 5.10 Å². The second kappa shape index (κ2) is 4.13. The quantitative estimate of drug-likeness (QED) is 0.720. The molecular formula is C12H9N5. The zero-order valence-corrected chi connectivity index (χ0v) is 8.91. The summed E-state index contributed by atoms with van der Waals surface area (Å²) in [7, 11) is 0. The summed E-state index contributed by atoms with van der Waals surface area (Å²) in [5, 5.41) is 13.6. The Morgan fingerprint density at radius 1 is 0.941 bits per heavy atom. The molecule has 0 aliphatic rings. The molecule has 5 heteroatoms. The van der Waals surface area contributed by atoms with Crippen LogP contribution in [0.25, 0.3) is 22.6 Å². The number of hydrogen-bond acceptors (Lipinski definition) is 4. The SMILES string of the molecule is c1ccc(-c2ccnc(-c3nnn[nH]3)c2)cc1. The van der Waals surface area contributed by atoms with Crippen molar-refractivity contribution in [2.24, 2.45) is 0 Å². The molecule has 3 aromatic rings. The Hall–Kier alpha value is -2.56. The number of nitrogens with zero attached hydrogens (tertiary/aromatic N) is 4. The van der Waals surface area contributed by atoms with Crippen LogP contribution in [0.15, 0.2) is 48.7 Å². The number of benzene rings is 1. The van der Waals surface area contributed by atoms with Crippen LogP contribution >= 0.6 is 0 Å². The molecule has 0 aliphatic carbocycles. The highest BCUT2D eigenvalue weighted by Crippen LogP contribution is 2.21. The van der Waals surface area contributed by atoms with E-state index in [2.05, 4.69) is 37.7 Å². The molecule has 2 aromatic heterocycles. The van der Waals surface area contributed by atoms with Gasteiger partial charge in [-0.1, -0.05) is 30.3 Å². The first-order valence-corrected chi connectivity index (χ1v) is 5.19. The fourth-order valence-electron chi connectivity index (χ4n) is 1.64. The molecule has 0 saturated heterocycles. The van der Waals surface area contributed by atoms with Gasteiger partial charge in [0, 0.05) is 6.20 Å². The molecule has 0 amide bonds. The van der Waals surface area contributed by atoms with Crippen molar-refractivity contribution >= 4 is 0 Å². The number of H-pyrrole nitrogens is 1. The monoisotopic (exact) mass is 223 g/mol. The third kappa shape index (κ3) is 1.90. The van der Waals surface area contributed by atoms with E-state index in [1.165, 1.54) is 0 Å². The maximum Gasteiger partial charge on any atom is 0.198 e. The predicted octanol–water partition coefficient (Wildman–Crippen LogP) is 1.93. The van der Waals surface area contributed by atoms with Gasteiger partial charge in [-0.25, -0.2) is 5.10 Å². The van der Waals surface area contributed by atoms with Crippen LogP contribution in [-0.4, -0.2) is 25.6 Å². The Morgan fingerprint density at radius 3 is 2.59 bits per heavy atom. The van der Waals surface area contributed by atoms with E-state index in [4.69, 9.17) is 0 Å². The normalized spacial score (nSPS) is 10.4. The highest BCUT2D eigenvalue weighted by Gasteiger charge is 2.05. The van der Waals surface area contributed by atoms with Crippen molar-refractivity contribution in [1.29, 1.82) is 0 Å². The first-order chi connectivity index (χ1) is 8.43. The van der Waals surface area contributed by atoms with Gasteiger partial charge in [0.1, 0.15) is 5.69 Å². The third-order valence-electron chi connectivity index (χ3n) is 2.46. The lowest BCUT2D eigenvalue weighted by atomic mass is 10.1. The molecule has 0 aliphatic heterocycles. The van der Waals surface area contributed by atoms with Gasteiger partial charge in [-0.05, 0) is 33.7 Å². The smallest absolute Gasteiger partial charge is 0.198 e. The van der Waals surface area contributed by atoms with Gasteiger partial charge in [0.2, 0.25) is 0 Å². The molecule has 0 saturated carbocycles. The van der Waals surface area contributed by atoms with Crippen molar-refractivity contribution in [3.05, 3.63) is 48.7 Å². The first kappa shape index (κ1) is 9.65. The number of aromatic amines is 1. The molecule has 0 fully saturated rings. The van der Waals surface area contributed by atoms with Gasteiger partial charge in [-0.2, -0.15) is 0 Å². The van der Waals surface area contributed by atoms with Crippen molar-refractivity contribution in [3.63, 3.8) is 0 Å². The average Bonchev–Trinajstić information content (AvgIpc) is 2.94. The lowest BCUT2D eigenvalue weighted by Crippen LogP contribution is -1.87. The van der Waals surface area contributed by atoms with E-state index in [9.17, 15) is 0 Å². The minimum absolute atomic E-state index is 0.572. The maximum atomic E-state index is 4.23. The fraction of sp³-hybridized carbons (Fsp3) is 0. The second-order valence-electron chi connectivity index (χ2n) is 3.55. The second-order valence-corrected chi connectivity index (χ2v) is 3.55. The van der Waals surface area contributed by atoms with Crippen molar-refractivity contribution in [3.8, 4) is 22.6 Å². The van der Waals surface area contributed by atoms with Crippen LogP contribution in [0, 0.1) is 0 Å². The Balaban J connectivity index is 2.06. The summed E-state index contributed by atoms with van der Waals surface area (Å²) < 4.78 is 0. The summed E-state index contributed by atoms with van der Waals surface area (Å²) >= 11 is 0. The molecule has 2 heterocycles. The molecule has 1 N–H and O–H groups in total. The number of pyridine rings is 1. The minimum Gasteiger partial charge on any atom is -0.253 e. The number of rotatable bonds is 2. The Bertz CT molecular complexity index is 604. The number of aromatic nitrogens is 5. The van der Waals surface area contributed by atoms with Crippen molar-refractivity contribution < 1.29 is 0 Å². The number of hydrogen-bond donors (Lipinski definition) is 1. The largest absolute Gasteiger partial charge is 0.253 e. The summed E-state index contributed by atoms with van der Waals surface area (Å²) in [4.78, 5) is 4.23. The average molecular weight is 223 g/mol. The predicted molar refractivity (Wildman–Crippen MR) is 62.8 cm³/mol. The zero-order chi connectivity index (χ0) is 11.5. The minimum atomic E-state index is 0.572. The summed E-state index contributed by atoms with van der Waals surface area (Å²) in [6.45, 7) is 0. The highest BCUT2D eigenvalue weighted by molar-refractivity contribution is 5.67. The summed E-state index contributed by atoms with van der Waals surface area (Å²) in [6, 6.07) is 14.0. The molecule has 0 bridgehead atoms. The Morgan fingerprint density at radius 2 is 1.82 bits per heavy atom. The number of nitrogens with one attached hydrogen (secondary N) is 1. The van der Waals surface area contributed by atoms with Crippen molar-refractivity contribution in [2.45, 2.75) is 0 Å².